The average molecular weight is 183 g/mol. The summed E-state index contributed by atoms with van der Waals surface area (Å²) in [5.41, 5.74) is 0. The second-order valence-corrected chi connectivity index (χ2v) is 2.89. The first-order chi connectivity index (χ1) is 6.29. The number of rotatable bonds is 2. The summed E-state index contributed by atoms with van der Waals surface area (Å²) >= 11 is 0. The van der Waals surface area contributed by atoms with Gasteiger partial charge in [-0.05, 0) is 12.8 Å². The van der Waals surface area contributed by atoms with Crippen molar-refractivity contribution in [1.29, 1.82) is 0 Å². The van der Waals surface area contributed by atoms with Gasteiger partial charge >= 0.3 is 0 Å². The van der Waals surface area contributed by atoms with Crippen LogP contribution in [0.5, 0.6) is 0 Å². The summed E-state index contributed by atoms with van der Waals surface area (Å²) in [6, 6.07) is 0. The first kappa shape index (κ1) is 9.77. The third-order valence-corrected chi connectivity index (χ3v) is 2.05. The molecule has 0 saturated heterocycles. The SMILES string of the molecule is COC1=CCCC[N+]1=C(C)NC=O. The molecule has 0 saturated carbocycles. The summed E-state index contributed by atoms with van der Waals surface area (Å²) in [4.78, 5) is 10.2. The fourth-order valence-electron chi connectivity index (χ4n) is 1.39. The molecule has 13 heavy (non-hydrogen) atoms. The lowest BCUT2D eigenvalue weighted by Crippen LogP contribution is -2.32. The predicted molar refractivity (Wildman–Crippen MR) is 49.3 cm³/mol. The molecule has 0 aromatic carbocycles. The third kappa shape index (κ3) is 2.31. The van der Waals surface area contributed by atoms with Crippen molar-refractivity contribution in [3.05, 3.63) is 12.0 Å². The first-order valence-corrected chi connectivity index (χ1v) is 4.35. The van der Waals surface area contributed by atoms with Gasteiger partial charge in [-0.2, -0.15) is 0 Å². The van der Waals surface area contributed by atoms with Crippen molar-refractivity contribution >= 4 is 12.2 Å². The highest BCUT2D eigenvalue weighted by molar-refractivity contribution is 5.84. The number of amidine groups is 1. The molecule has 1 aliphatic heterocycles. The molecule has 1 aliphatic rings. The van der Waals surface area contributed by atoms with Crippen LogP contribution in [0.4, 0.5) is 0 Å². The van der Waals surface area contributed by atoms with Crippen molar-refractivity contribution in [2.75, 3.05) is 13.7 Å². The highest BCUT2D eigenvalue weighted by Gasteiger charge is 2.16. The number of carbonyl (C=O) groups is 1. The number of nitrogens with one attached hydrogen (secondary N) is 1. The zero-order valence-corrected chi connectivity index (χ0v) is 8.04. The van der Waals surface area contributed by atoms with Crippen LogP contribution in [0.3, 0.4) is 0 Å². The molecule has 1 amide bonds. The highest BCUT2D eigenvalue weighted by atomic mass is 16.5. The van der Waals surface area contributed by atoms with Crippen molar-refractivity contribution in [1.82, 2.24) is 5.32 Å². The topological polar surface area (TPSA) is 41.3 Å². The van der Waals surface area contributed by atoms with Crippen molar-refractivity contribution in [2.45, 2.75) is 19.8 Å². The van der Waals surface area contributed by atoms with Crippen LogP contribution >= 0.6 is 0 Å². The summed E-state index contributed by atoms with van der Waals surface area (Å²) in [7, 11) is 1.64. The van der Waals surface area contributed by atoms with Crippen LogP contribution < -0.4 is 5.32 Å². The molecule has 0 bridgehead atoms. The Kier molecular flexibility index (Phi) is 3.49. The smallest absolute Gasteiger partial charge is 0.295 e. The molecule has 1 heterocycles. The number of allylic oxidation sites excluding steroid dienone is 1. The molecule has 1 N–H and O–H groups in total. The number of hydrogen-bond donors (Lipinski definition) is 1. The Bertz CT molecular complexity index is 256. The molecular weight excluding hydrogens is 168 g/mol. The van der Waals surface area contributed by atoms with Gasteiger partial charge in [0, 0.05) is 13.0 Å². The van der Waals surface area contributed by atoms with Crippen LogP contribution in [-0.2, 0) is 9.53 Å². The van der Waals surface area contributed by atoms with Gasteiger partial charge in [0.25, 0.3) is 18.1 Å². The zero-order valence-electron chi connectivity index (χ0n) is 8.04. The van der Waals surface area contributed by atoms with Gasteiger partial charge in [0.1, 0.15) is 0 Å². The number of carbonyl (C=O) groups excluding carboxylic acids is 1. The van der Waals surface area contributed by atoms with Gasteiger partial charge in [-0.3, -0.25) is 4.79 Å². The van der Waals surface area contributed by atoms with Gasteiger partial charge in [0.15, 0.2) is 0 Å². The monoisotopic (exact) mass is 183 g/mol. The molecule has 0 fully saturated rings. The average Bonchev–Trinajstić information content (AvgIpc) is 2.18. The minimum absolute atomic E-state index is 0.678. The Hall–Kier alpha value is -1.32. The molecule has 0 radical (unpaired) electrons. The molecule has 0 aliphatic carbocycles. The van der Waals surface area contributed by atoms with E-state index in [1.54, 1.807) is 7.11 Å². The van der Waals surface area contributed by atoms with E-state index in [9.17, 15) is 4.79 Å². The van der Waals surface area contributed by atoms with Crippen LogP contribution in [0.2, 0.25) is 0 Å². The minimum atomic E-state index is 0.678. The quantitative estimate of drug-likeness (QED) is 0.383. The predicted octanol–water partition coefficient (Wildman–Crippen LogP) is 0.445. The van der Waals surface area contributed by atoms with Gasteiger partial charge in [-0.1, -0.05) is 0 Å². The second-order valence-electron chi connectivity index (χ2n) is 2.89. The molecular formula is C9H15N2O2+. The van der Waals surface area contributed by atoms with E-state index in [1.165, 1.54) is 0 Å². The molecule has 0 aromatic heterocycles. The number of methoxy groups -OCH3 is 1. The van der Waals surface area contributed by atoms with Crippen molar-refractivity contribution in [3.8, 4) is 0 Å². The number of amides is 1. The van der Waals surface area contributed by atoms with E-state index in [1.807, 2.05) is 17.6 Å². The van der Waals surface area contributed by atoms with E-state index in [2.05, 4.69) is 5.32 Å². The normalized spacial score (nSPS) is 20.3. The number of nitrogens with zero attached hydrogens (tertiary/aromatic N) is 1. The molecule has 0 atom stereocenters. The lowest BCUT2D eigenvalue weighted by Gasteiger charge is -2.14. The molecule has 1 rings (SSSR count). The Morgan fingerprint density at radius 2 is 2.54 bits per heavy atom. The van der Waals surface area contributed by atoms with Gasteiger partial charge in [-0.25, -0.2) is 9.89 Å². The fourth-order valence-corrected chi connectivity index (χ4v) is 1.39. The number of ether oxygens (including phenoxy) is 1. The molecule has 0 aromatic rings. The maximum Gasteiger partial charge on any atom is 0.295 e. The summed E-state index contributed by atoms with van der Waals surface area (Å²) in [6.07, 6.45) is 4.83. The maximum atomic E-state index is 10.2. The van der Waals surface area contributed by atoms with Crippen LogP contribution in [0.25, 0.3) is 0 Å². The lowest BCUT2D eigenvalue weighted by molar-refractivity contribution is -0.515. The fraction of sp³-hybridized carbons (Fsp3) is 0.556. The van der Waals surface area contributed by atoms with Crippen LogP contribution in [0.1, 0.15) is 19.8 Å². The van der Waals surface area contributed by atoms with E-state index in [-0.39, 0.29) is 0 Å². The molecule has 4 heteroatoms. The maximum absolute atomic E-state index is 10.2. The number of hydrogen-bond acceptors (Lipinski definition) is 2. The lowest BCUT2D eigenvalue weighted by atomic mass is 10.2. The van der Waals surface area contributed by atoms with E-state index in [4.69, 9.17) is 4.74 Å². The molecule has 0 unspecified atom stereocenters. The zero-order chi connectivity index (χ0) is 9.68. The van der Waals surface area contributed by atoms with Gasteiger partial charge in [0.2, 0.25) is 0 Å². The molecule has 0 spiro atoms. The standard InChI is InChI=1S/C9H14N2O2/c1-8(10-7-12)11-6-4-3-5-9(11)13-2/h5,7H,3-4,6H2,1-2H3/p+1. The van der Waals surface area contributed by atoms with Crippen molar-refractivity contribution < 1.29 is 14.1 Å². The Morgan fingerprint density at radius 3 is 3.15 bits per heavy atom. The molecule has 72 valence electrons. The summed E-state index contributed by atoms with van der Waals surface area (Å²) < 4.78 is 7.14. The van der Waals surface area contributed by atoms with E-state index >= 15 is 0 Å². The van der Waals surface area contributed by atoms with Crippen LogP contribution in [-0.4, -0.2) is 30.5 Å². The van der Waals surface area contributed by atoms with E-state index < -0.39 is 0 Å². The largest absolute Gasteiger partial charge is 0.466 e. The minimum Gasteiger partial charge on any atom is -0.466 e. The molecule has 4 nitrogen and oxygen atoms in total. The highest BCUT2D eigenvalue weighted by Crippen LogP contribution is 2.10. The van der Waals surface area contributed by atoms with E-state index in [0.717, 1.165) is 31.1 Å². The summed E-state index contributed by atoms with van der Waals surface area (Å²) in [5, 5.41) is 2.62. The van der Waals surface area contributed by atoms with Crippen molar-refractivity contribution in [3.63, 3.8) is 0 Å². The van der Waals surface area contributed by atoms with Crippen molar-refractivity contribution in [2.24, 2.45) is 0 Å². The first-order valence-electron chi connectivity index (χ1n) is 4.35. The third-order valence-electron chi connectivity index (χ3n) is 2.05. The summed E-state index contributed by atoms with van der Waals surface area (Å²) in [6.45, 7) is 2.75. The second kappa shape index (κ2) is 4.64. The van der Waals surface area contributed by atoms with Gasteiger partial charge in [-0.15, -0.1) is 0 Å². The van der Waals surface area contributed by atoms with E-state index in [0.29, 0.717) is 6.41 Å². The Labute approximate surface area is 77.9 Å². The van der Waals surface area contributed by atoms with Crippen LogP contribution in [0.15, 0.2) is 12.0 Å². The Morgan fingerprint density at radius 1 is 1.77 bits per heavy atom. The van der Waals surface area contributed by atoms with Gasteiger partial charge < -0.3 is 4.74 Å². The summed E-state index contributed by atoms with van der Waals surface area (Å²) in [5.74, 6) is 1.63. The Balaban J connectivity index is 2.87. The van der Waals surface area contributed by atoms with Crippen LogP contribution in [0, 0.1) is 0 Å². The van der Waals surface area contributed by atoms with Gasteiger partial charge in [0.05, 0.1) is 13.7 Å².